The Morgan fingerprint density at radius 2 is 2.00 bits per heavy atom. The molecule has 1 N–H and O–H groups in total. The number of carbonyl (C=O) groups excluding carboxylic acids is 1. The van der Waals surface area contributed by atoms with Crippen LogP contribution in [0.3, 0.4) is 0 Å². The van der Waals surface area contributed by atoms with Crippen LogP contribution in [0.4, 0.5) is 0 Å². The Morgan fingerprint density at radius 3 is 2.66 bits per heavy atom. The molecule has 29 heavy (non-hydrogen) atoms. The van der Waals surface area contributed by atoms with E-state index in [0.29, 0.717) is 29.6 Å². The summed E-state index contributed by atoms with van der Waals surface area (Å²) in [6.07, 6.45) is 3.24. The van der Waals surface area contributed by atoms with Gasteiger partial charge in [-0.05, 0) is 54.2 Å². The zero-order chi connectivity index (χ0) is 20.9. The second kappa shape index (κ2) is 9.87. The number of hydrogen-bond acceptors (Lipinski definition) is 4. The van der Waals surface area contributed by atoms with Crippen molar-refractivity contribution in [3.63, 3.8) is 0 Å². The summed E-state index contributed by atoms with van der Waals surface area (Å²) in [5.74, 6) is 0.220. The summed E-state index contributed by atoms with van der Waals surface area (Å²) in [5, 5.41) is 4.76. The number of piperidine rings is 1. The van der Waals surface area contributed by atoms with Crippen molar-refractivity contribution in [1.82, 2.24) is 9.62 Å². The van der Waals surface area contributed by atoms with Crippen LogP contribution in [0, 0.1) is 5.92 Å². The minimum atomic E-state index is -3.48. The highest BCUT2D eigenvalue weighted by molar-refractivity contribution is 7.91. The van der Waals surface area contributed by atoms with Crippen LogP contribution in [0.15, 0.2) is 46.0 Å². The van der Waals surface area contributed by atoms with Gasteiger partial charge in [-0.2, -0.15) is 4.31 Å². The molecule has 1 amide bonds. The minimum Gasteiger partial charge on any atom is -0.356 e. The van der Waals surface area contributed by atoms with Crippen molar-refractivity contribution < 1.29 is 13.2 Å². The number of carbonyl (C=O) groups is 1. The molecule has 1 aliphatic heterocycles. The molecule has 0 saturated carbocycles. The zero-order valence-corrected chi connectivity index (χ0v) is 18.8. The molecule has 7 heteroatoms. The highest BCUT2D eigenvalue weighted by atomic mass is 32.2. The van der Waals surface area contributed by atoms with Gasteiger partial charge in [0.25, 0.3) is 10.0 Å². The number of benzene rings is 1. The quantitative estimate of drug-likeness (QED) is 0.638. The number of nitrogens with zero attached hydrogens (tertiary/aromatic N) is 1. The Hall–Kier alpha value is -1.70. The first-order valence-electron chi connectivity index (χ1n) is 10.3. The van der Waals surface area contributed by atoms with E-state index >= 15 is 0 Å². The monoisotopic (exact) mass is 434 g/mol. The van der Waals surface area contributed by atoms with Crippen molar-refractivity contribution in [2.45, 2.75) is 49.7 Å². The summed E-state index contributed by atoms with van der Waals surface area (Å²) < 4.78 is 27.2. The van der Waals surface area contributed by atoms with E-state index in [4.69, 9.17) is 0 Å². The highest BCUT2D eigenvalue weighted by Gasteiger charge is 2.33. The van der Waals surface area contributed by atoms with Gasteiger partial charge in [0, 0.05) is 19.6 Å². The number of amides is 1. The van der Waals surface area contributed by atoms with Crippen molar-refractivity contribution in [3.8, 4) is 0 Å². The Kier molecular flexibility index (Phi) is 7.49. The molecule has 0 aliphatic carbocycles. The molecule has 5 nitrogen and oxygen atoms in total. The first kappa shape index (κ1) is 22.0. The molecule has 1 fully saturated rings. The van der Waals surface area contributed by atoms with E-state index in [2.05, 4.69) is 43.4 Å². The maximum atomic E-state index is 12.7. The summed E-state index contributed by atoms with van der Waals surface area (Å²) in [6, 6.07) is 12.0. The average molecular weight is 435 g/mol. The topological polar surface area (TPSA) is 66.5 Å². The van der Waals surface area contributed by atoms with Gasteiger partial charge >= 0.3 is 0 Å². The summed E-state index contributed by atoms with van der Waals surface area (Å²) >= 11 is 1.22. The van der Waals surface area contributed by atoms with Crippen molar-refractivity contribution in [1.29, 1.82) is 0 Å². The van der Waals surface area contributed by atoms with Crippen LogP contribution in [0.1, 0.15) is 50.2 Å². The number of sulfonamides is 1. The van der Waals surface area contributed by atoms with Crippen LogP contribution in [0.5, 0.6) is 0 Å². The molecule has 1 atom stereocenters. The molecule has 0 radical (unpaired) electrons. The van der Waals surface area contributed by atoms with E-state index in [0.717, 1.165) is 19.3 Å². The molecule has 158 valence electrons. The van der Waals surface area contributed by atoms with Crippen molar-refractivity contribution in [2.75, 3.05) is 19.6 Å². The summed E-state index contributed by atoms with van der Waals surface area (Å²) in [5.41, 5.74) is 2.61. The largest absolute Gasteiger partial charge is 0.356 e. The van der Waals surface area contributed by atoms with Crippen LogP contribution in [0.2, 0.25) is 0 Å². The fourth-order valence-electron chi connectivity index (χ4n) is 3.63. The van der Waals surface area contributed by atoms with Crippen molar-refractivity contribution in [2.24, 2.45) is 5.92 Å². The van der Waals surface area contributed by atoms with E-state index in [1.54, 1.807) is 17.5 Å². The molecule has 3 rings (SSSR count). The van der Waals surface area contributed by atoms with Crippen LogP contribution in [0.25, 0.3) is 0 Å². The lowest BCUT2D eigenvalue weighted by Crippen LogP contribution is -2.45. The number of rotatable bonds is 8. The Labute approximate surface area is 178 Å². The molecule has 2 heterocycles. The molecule has 1 aliphatic rings. The van der Waals surface area contributed by atoms with E-state index in [1.165, 1.54) is 26.8 Å². The van der Waals surface area contributed by atoms with Gasteiger partial charge in [-0.3, -0.25) is 4.79 Å². The van der Waals surface area contributed by atoms with Gasteiger partial charge < -0.3 is 5.32 Å². The summed E-state index contributed by atoms with van der Waals surface area (Å²) in [6.45, 7) is 5.73. The third-order valence-electron chi connectivity index (χ3n) is 5.43. The van der Waals surface area contributed by atoms with Gasteiger partial charge in [0.1, 0.15) is 4.21 Å². The van der Waals surface area contributed by atoms with Crippen LogP contribution < -0.4 is 5.32 Å². The second-order valence-corrected chi connectivity index (χ2v) is 11.0. The SMILES string of the molecule is CC(C)c1ccc(CCCNC(=O)C2CCCN(S(=O)(=O)c3cccs3)C2)cc1. The zero-order valence-electron chi connectivity index (χ0n) is 17.1. The third kappa shape index (κ3) is 5.68. The summed E-state index contributed by atoms with van der Waals surface area (Å²) in [4.78, 5) is 12.6. The third-order valence-corrected chi connectivity index (χ3v) is 8.67. The highest BCUT2D eigenvalue weighted by Crippen LogP contribution is 2.26. The molecule has 1 unspecified atom stereocenters. The van der Waals surface area contributed by atoms with Gasteiger partial charge in [0.2, 0.25) is 5.91 Å². The first-order valence-corrected chi connectivity index (χ1v) is 12.6. The number of hydrogen-bond donors (Lipinski definition) is 1. The Balaban J connectivity index is 1.45. The predicted octanol–water partition coefficient (Wildman–Crippen LogP) is 4.02. The molecule has 1 saturated heterocycles. The maximum absolute atomic E-state index is 12.7. The van der Waals surface area contributed by atoms with Gasteiger partial charge in [0.15, 0.2) is 0 Å². The van der Waals surface area contributed by atoms with Gasteiger partial charge in [0.05, 0.1) is 5.92 Å². The predicted molar refractivity (Wildman–Crippen MR) is 118 cm³/mol. The maximum Gasteiger partial charge on any atom is 0.252 e. The van der Waals surface area contributed by atoms with E-state index < -0.39 is 10.0 Å². The Bertz CT molecular complexity index is 891. The van der Waals surface area contributed by atoms with Gasteiger partial charge in [-0.15, -0.1) is 11.3 Å². The van der Waals surface area contributed by atoms with E-state index in [1.807, 2.05) is 0 Å². The number of thiophene rings is 1. The number of aryl methyl sites for hydroxylation is 1. The molecule has 0 bridgehead atoms. The standard InChI is InChI=1S/C22H30N2O3S2/c1-17(2)19-11-9-18(10-12-19)6-3-13-23-22(25)20-7-4-14-24(16-20)29(26,27)21-8-5-15-28-21/h5,8-12,15,17,20H,3-4,6-7,13-14,16H2,1-2H3,(H,23,25). The lowest BCUT2D eigenvalue weighted by molar-refractivity contribution is -0.126. The molecule has 2 aromatic rings. The van der Waals surface area contributed by atoms with E-state index in [-0.39, 0.29) is 18.4 Å². The number of nitrogens with one attached hydrogen (secondary N) is 1. The second-order valence-electron chi connectivity index (χ2n) is 7.93. The summed E-state index contributed by atoms with van der Waals surface area (Å²) in [7, 11) is -3.48. The molecular weight excluding hydrogens is 404 g/mol. The van der Waals surface area contributed by atoms with Gasteiger partial charge in [-0.1, -0.05) is 44.2 Å². The normalized spacial score (nSPS) is 18.1. The van der Waals surface area contributed by atoms with Crippen molar-refractivity contribution >= 4 is 27.3 Å². The van der Waals surface area contributed by atoms with Crippen LogP contribution in [-0.2, 0) is 21.2 Å². The van der Waals surface area contributed by atoms with Crippen molar-refractivity contribution in [3.05, 3.63) is 52.9 Å². The molecular formula is C22H30N2O3S2. The Morgan fingerprint density at radius 1 is 1.24 bits per heavy atom. The lowest BCUT2D eigenvalue weighted by atomic mass is 9.98. The molecule has 1 aromatic carbocycles. The fourth-order valence-corrected chi connectivity index (χ4v) is 6.30. The van der Waals surface area contributed by atoms with Crippen LogP contribution >= 0.6 is 11.3 Å². The first-order chi connectivity index (χ1) is 13.9. The van der Waals surface area contributed by atoms with Gasteiger partial charge in [-0.25, -0.2) is 8.42 Å². The fraction of sp³-hybridized carbons (Fsp3) is 0.500. The lowest BCUT2D eigenvalue weighted by Gasteiger charge is -2.30. The molecule has 0 spiro atoms. The minimum absolute atomic E-state index is 0.0359. The average Bonchev–Trinajstić information content (AvgIpc) is 3.27. The van der Waals surface area contributed by atoms with E-state index in [9.17, 15) is 13.2 Å². The van der Waals surface area contributed by atoms with Crippen LogP contribution in [-0.4, -0.2) is 38.3 Å². The smallest absolute Gasteiger partial charge is 0.252 e. The molecule has 1 aromatic heterocycles.